The van der Waals surface area contributed by atoms with E-state index in [4.69, 9.17) is 0 Å². The van der Waals surface area contributed by atoms with Crippen LogP contribution in [0.1, 0.15) is 0 Å². The van der Waals surface area contributed by atoms with Crippen LogP contribution >= 0.6 is 12.4 Å². The minimum Gasteiger partial charge on any atom is -1.00 e. The van der Waals surface area contributed by atoms with Crippen LogP contribution in [-0.2, 0) is 17.1 Å². The topological polar surface area (TPSA) is 0 Å². The zero-order valence-corrected chi connectivity index (χ0v) is 5.99. The molecule has 0 unspecified atom stereocenters. The molecule has 0 heterocycles. The van der Waals surface area contributed by atoms with E-state index in [0.29, 0.717) is 0 Å². The Morgan fingerprint density at radius 1 is 0.600 bits per heavy atom. The molecule has 0 aromatic rings. The largest absolute Gasteiger partial charge is 3.00 e. The minimum absolute atomic E-state index is 0. The molecular weight excluding hydrogens is 198 g/mol. The average molecular weight is 198 g/mol. The maximum Gasteiger partial charge on any atom is 3.00 e. The van der Waals surface area contributed by atoms with Gasteiger partial charge in [0.2, 0.25) is 0 Å². The first-order chi connectivity index (χ1) is 0. The first-order valence-corrected chi connectivity index (χ1v) is 0. The summed E-state index contributed by atoms with van der Waals surface area (Å²) in [4.78, 5) is 0. The molecule has 0 aromatic carbocycles. The van der Waals surface area contributed by atoms with Gasteiger partial charge in [0, 0.05) is 12.4 Å². The van der Waals surface area contributed by atoms with Gasteiger partial charge in [-0.25, -0.2) is 0 Å². The van der Waals surface area contributed by atoms with Gasteiger partial charge in [-0.15, -0.1) is 0 Å². The fourth-order valence-electron chi connectivity index (χ4n) is 0. The van der Waals surface area contributed by atoms with Crippen LogP contribution in [0.4, 0.5) is 0 Å². The summed E-state index contributed by atoms with van der Waals surface area (Å²) in [6.45, 7) is 0. The Kier molecular flexibility index (Phi) is 674. The molecule has 0 aliphatic carbocycles. The molecule has 0 nitrogen and oxygen atoms in total. The van der Waals surface area contributed by atoms with Crippen molar-refractivity contribution in [3.05, 3.63) is 0 Å². The quantitative estimate of drug-likeness (QED) is 0.339. The fourth-order valence-corrected chi connectivity index (χ4v) is 0. The van der Waals surface area contributed by atoms with E-state index in [9.17, 15) is 0 Å². The number of hydrogen-bond acceptors (Lipinski definition) is 0. The van der Waals surface area contributed by atoms with Crippen LogP contribution in [-0.4, -0.2) is 0 Å². The van der Waals surface area contributed by atoms with Crippen LogP contribution in [0.25, 0.3) is 0 Å². The van der Waals surface area contributed by atoms with Crippen molar-refractivity contribution in [3.63, 3.8) is 0 Å². The van der Waals surface area contributed by atoms with Gasteiger partial charge in [-0.2, -0.15) is 0 Å². The van der Waals surface area contributed by atoms with Gasteiger partial charge in [0.15, 0.2) is 0 Å². The number of hydrogen-bond donors (Lipinski definition) is 0. The predicted octanol–water partition coefficient (Wildman–Crippen LogP) is -8.30. The third-order valence-corrected chi connectivity index (χ3v) is 0. The predicted molar refractivity (Wildman–Crippen MR) is 5.85 cm³/mol. The van der Waals surface area contributed by atoms with Crippen LogP contribution in [0.5, 0.6) is 0 Å². The Morgan fingerprint density at radius 2 is 0.600 bits per heavy atom. The molecule has 0 rings (SSSR count). The second-order valence-electron chi connectivity index (χ2n) is 0. The van der Waals surface area contributed by atoms with E-state index in [-0.39, 0.29) is 66.7 Å². The molecule has 2 radical (unpaired) electrons. The minimum atomic E-state index is 0. The van der Waals surface area contributed by atoms with Crippen LogP contribution in [0.15, 0.2) is 0 Å². The van der Waals surface area contributed by atoms with Crippen molar-refractivity contribution in [2.24, 2.45) is 0 Å². The summed E-state index contributed by atoms with van der Waals surface area (Å²) in [5, 5.41) is 0. The van der Waals surface area contributed by atoms with E-state index >= 15 is 0 Å². The van der Waals surface area contributed by atoms with Gasteiger partial charge in [0.05, 0.1) is 0 Å². The molecule has 36 valence electrons. The summed E-state index contributed by atoms with van der Waals surface area (Å²) < 4.78 is 0. The second kappa shape index (κ2) is 44.1. The summed E-state index contributed by atoms with van der Waals surface area (Å²) in [6.07, 6.45) is 0. The normalized spacial score (nSPS) is 0. The fraction of sp³-hybridized carbons (Fsp3) is 0. The molecule has 0 aliphatic heterocycles. The summed E-state index contributed by atoms with van der Waals surface area (Å²) in [5.41, 5.74) is 0. The molecule has 0 bridgehead atoms. The van der Waals surface area contributed by atoms with Crippen molar-refractivity contribution in [3.8, 4) is 0 Å². The maximum absolute atomic E-state index is 0. The van der Waals surface area contributed by atoms with Gasteiger partial charge < -0.3 is 37.2 Å². The van der Waals surface area contributed by atoms with Gasteiger partial charge in [-0.3, -0.25) is 0 Å². The molecule has 0 fully saturated rings. The smallest absolute Gasteiger partial charge is 1.00 e. The van der Waals surface area contributed by atoms with Crippen molar-refractivity contribution in [2.75, 3.05) is 0 Å². The Morgan fingerprint density at radius 3 is 0.600 bits per heavy atom. The molecule has 5 heteroatoms. The van der Waals surface area contributed by atoms with Gasteiger partial charge in [0.1, 0.15) is 0 Å². The van der Waals surface area contributed by atoms with Crippen molar-refractivity contribution >= 4 is 12.4 Å². The van der Waals surface area contributed by atoms with E-state index in [0.717, 1.165) is 0 Å². The Hall–Kier alpha value is 1.68. The molecule has 0 atom stereocenters. The molecule has 5 heavy (non-hydrogen) atoms. The molecule has 0 saturated carbocycles. The van der Waals surface area contributed by atoms with Gasteiger partial charge >= 0.3 is 17.1 Å². The van der Waals surface area contributed by atoms with Gasteiger partial charge in [0.25, 0.3) is 0 Å². The standard InChI is InChI=1S/3ClH.Cl.Fe/h3*1H;;/q;;;;+3/p-3. The van der Waals surface area contributed by atoms with Crippen molar-refractivity contribution in [2.45, 2.75) is 0 Å². The summed E-state index contributed by atoms with van der Waals surface area (Å²) >= 11 is 0. The van der Waals surface area contributed by atoms with E-state index in [1.165, 1.54) is 0 Å². The van der Waals surface area contributed by atoms with Gasteiger partial charge in [-0.1, -0.05) is 0 Å². The third-order valence-electron chi connectivity index (χ3n) is 0. The van der Waals surface area contributed by atoms with Crippen LogP contribution in [0.2, 0.25) is 0 Å². The second-order valence-corrected chi connectivity index (χ2v) is 0. The van der Waals surface area contributed by atoms with Crippen LogP contribution < -0.4 is 37.2 Å². The SMILES string of the molecule is [Cl-].[Cl-].[Cl-].[Cl].[Fe+3]. The van der Waals surface area contributed by atoms with E-state index in [1.54, 1.807) is 0 Å². The summed E-state index contributed by atoms with van der Waals surface area (Å²) in [5.74, 6) is 0. The Bertz CT molecular complexity index is 3.61. The number of rotatable bonds is 0. The van der Waals surface area contributed by atoms with E-state index in [2.05, 4.69) is 0 Å². The van der Waals surface area contributed by atoms with Crippen molar-refractivity contribution in [1.82, 2.24) is 0 Å². The molecule has 0 amide bonds. The molecular formula is Cl4Fe. The maximum atomic E-state index is 0. The molecule has 0 saturated heterocycles. The van der Waals surface area contributed by atoms with Crippen molar-refractivity contribution in [1.29, 1.82) is 0 Å². The van der Waals surface area contributed by atoms with Crippen molar-refractivity contribution < 1.29 is 54.3 Å². The summed E-state index contributed by atoms with van der Waals surface area (Å²) in [7, 11) is 0. The third kappa shape index (κ3) is 27.3. The first-order valence-electron chi connectivity index (χ1n) is 0. The van der Waals surface area contributed by atoms with Gasteiger partial charge in [-0.05, 0) is 0 Å². The zero-order valence-electron chi connectivity index (χ0n) is 1.87. The average Bonchev–Trinajstić information content (AvgIpc) is 0. The summed E-state index contributed by atoms with van der Waals surface area (Å²) in [6, 6.07) is 0. The Balaban J connectivity index is 0. The van der Waals surface area contributed by atoms with E-state index in [1.807, 2.05) is 0 Å². The monoisotopic (exact) mass is 196 g/mol. The Labute approximate surface area is 66.6 Å². The molecule has 0 N–H and O–H groups in total. The number of halogens is 4. The zero-order chi connectivity index (χ0) is 0. The molecule has 0 aliphatic rings. The molecule has 0 spiro atoms. The van der Waals surface area contributed by atoms with Crippen LogP contribution in [0.3, 0.4) is 0 Å². The van der Waals surface area contributed by atoms with Crippen LogP contribution in [0, 0.1) is 0 Å². The molecule has 0 aromatic heterocycles. The van der Waals surface area contributed by atoms with E-state index < -0.39 is 0 Å². The first kappa shape index (κ1) is 76.4.